The minimum Gasteiger partial charge on any atom is -0.394 e. The van der Waals surface area contributed by atoms with E-state index in [1.54, 1.807) is 18.2 Å². The molecule has 1 amide bonds. The van der Waals surface area contributed by atoms with Gasteiger partial charge in [0.25, 0.3) is 0 Å². The summed E-state index contributed by atoms with van der Waals surface area (Å²) < 4.78 is 4.87. The van der Waals surface area contributed by atoms with Gasteiger partial charge in [-0.3, -0.25) is 4.79 Å². The topological polar surface area (TPSA) is 58.6 Å². The molecule has 0 aliphatic carbocycles. The van der Waals surface area contributed by atoms with Gasteiger partial charge in [-0.1, -0.05) is 29.3 Å². The fourth-order valence-corrected chi connectivity index (χ4v) is 2.01. The van der Waals surface area contributed by atoms with E-state index >= 15 is 0 Å². The molecule has 1 rings (SSSR count). The molecule has 1 unspecified atom stereocenters. The standard InChI is InChI=1S/C12H15Cl2NO3/c1-18-7-8(6-16)15-12(17)5-9-10(13)3-2-4-11(9)14/h2-4,8,16H,5-7H2,1H3,(H,15,17). The molecule has 100 valence electrons. The Hall–Kier alpha value is -0.810. The van der Waals surface area contributed by atoms with Gasteiger partial charge in [-0.25, -0.2) is 0 Å². The molecule has 1 atom stereocenters. The summed E-state index contributed by atoms with van der Waals surface area (Å²) in [7, 11) is 1.50. The van der Waals surface area contributed by atoms with E-state index in [1.807, 2.05) is 0 Å². The van der Waals surface area contributed by atoms with E-state index in [9.17, 15) is 4.79 Å². The van der Waals surface area contributed by atoms with Crippen LogP contribution < -0.4 is 5.32 Å². The molecule has 0 aromatic heterocycles. The normalized spacial score (nSPS) is 12.2. The zero-order chi connectivity index (χ0) is 13.5. The van der Waals surface area contributed by atoms with Crippen LogP contribution in [0.5, 0.6) is 0 Å². The Bertz CT molecular complexity index is 392. The molecule has 2 N–H and O–H groups in total. The summed E-state index contributed by atoms with van der Waals surface area (Å²) in [5.74, 6) is -0.263. The van der Waals surface area contributed by atoms with Crippen molar-refractivity contribution < 1.29 is 14.6 Å². The number of aliphatic hydroxyl groups excluding tert-OH is 1. The third kappa shape index (κ3) is 4.46. The molecule has 0 bridgehead atoms. The van der Waals surface area contributed by atoms with Crippen LogP contribution in [-0.4, -0.2) is 37.4 Å². The van der Waals surface area contributed by atoms with Gasteiger partial charge in [-0.15, -0.1) is 0 Å². The summed E-state index contributed by atoms with van der Waals surface area (Å²) in [4.78, 5) is 11.8. The quantitative estimate of drug-likeness (QED) is 0.838. The van der Waals surface area contributed by atoms with E-state index in [-0.39, 0.29) is 25.5 Å². The number of amides is 1. The van der Waals surface area contributed by atoms with Crippen molar-refractivity contribution in [3.8, 4) is 0 Å². The number of benzene rings is 1. The van der Waals surface area contributed by atoms with Crippen molar-refractivity contribution in [2.24, 2.45) is 0 Å². The van der Waals surface area contributed by atoms with E-state index < -0.39 is 6.04 Å². The summed E-state index contributed by atoms with van der Waals surface area (Å²) in [6.45, 7) is 0.0638. The lowest BCUT2D eigenvalue weighted by Crippen LogP contribution is -2.41. The van der Waals surface area contributed by atoms with E-state index in [1.165, 1.54) is 7.11 Å². The average molecular weight is 292 g/mol. The second kappa shape index (κ2) is 7.59. The summed E-state index contributed by atoms with van der Waals surface area (Å²) in [5, 5.41) is 12.6. The van der Waals surface area contributed by atoms with Gasteiger partial charge in [0, 0.05) is 17.2 Å². The maximum atomic E-state index is 11.8. The highest BCUT2D eigenvalue weighted by atomic mass is 35.5. The maximum absolute atomic E-state index is 11.8. The molecule has 0 heterocycles. The van der Waals surface area contributed by atoms with Crippen LogP contribution in [0.1, 0.15) is 5.56 Å². The molecule has 0 aliphatic heterocycles. The number of rotatable bonds is 6. The first-order valence-corrected chi connectivity index (χ1v) is 6.16. The van der Waals surface area contributed by atoms with Crippen molar-refractivity contribution in [2.45, 2.75) is 12.5 Å². The number of hydrogen-bond donors (Lipinski definition) is 2. The van der Waals surface area contributed by atoms with Crippen molar-refractivity contribution in [1.82, 2.24) is 5.32 Å². The Morgan fingerprint density at radius 2 is 2.06 bits per heavy atom. The van der Waals surface area contributed by atoms with Crippen LogP contribution >= 0.6 is 23.2 Å². The van der Waals surface area contributed by atoms with E-state index in [0.29, 0.717) is 15.6 Å². The minimum atomic E-state index is -0.427. The minimum absolute atomic E-state index is 0.0682. The van der Waals surface area contributed by atoms with Crippen molar-refractivity contribution in [2.75, 3.05) is 20.3 Å². The van der Waals surface area contributed by atoms with E-state index in [4.69, 9.17) is 33.0 Å². The Morgan fingerprint density at radius 3 is 2.56 bits per heavy atom. The molecule has 1 aromatic carbocycles. The smallest absolute Gasteiger partial charge is 0.224 e. The molecule has 0 saturated carbocycles. The molecule has 4 nitrogen and oxygen atoms in total. The summed E-state index contributed by atoms with van der Waals surface area (Å²) in [6, 6.07) is 4.64. The van der Waals surface area contributed by atoms with Crippen LogP contribution in [0.3, 0.4) is 0 Å². The Labute approximate surface area is 116 Å². The lowest BCUT2D eigenvalue weighted by atomic mass is 10.1. The number of aliphatic hydroxyl groups is 1. The molecule has 0 saturated heterocycles. The lowest BCUT2D eigenvalue weighted by molar-refractivity contribution is -0.121. The SMILES string of the molecule is COCC(CO)NC(=O)Cc1c(Cl)cccc1Cl. The predicted molar refractivity (Wildman–Crippen MR) is 71.1 cm³/mol. The Kier molecular flexibility index (Phi) is 6.43. The van der Waals surface area contributed by atoms with Gasteiger partial charge in [0.15, 0.2) is 0 Å². The summed E-state index contributed by atoms with van der Waals surface area (Å²) in [5.41, 5.74) is 0.576. The highest BCUT2D eigenvalue weighted by Gasteiger charge is 2.14. The van der Waals surface area contributed by atoms with Gasteiger partial charge >= 0.3 is 0 Å². The third-order valence-electron chi connectivity index (χ3n) is 2.35. The Balaban J connectivity index is 2.64. The second-order valence-corrected chi connectivity index (χ2v) is 4.59. The van der Waals surface area contributed by atoms with Crippen molar-refractivity contribution in [3.63, 3.8) is 0 Å². The molecular weight excluding hydrogens is 277 g/mol. The highest BCUT2D eigenvalue weighted by Crippen LogP contribution is 2.24. The van der Waals surface area contributed by atoms with Crippen LogP contribution in [0.2, 0.25) is 10.0 Å². The predicted octanol–water partition coefficient (Wildman–Crippen LogP) is 1.66. The van der Waals surface area contributed by atoms with Gasteiger partial charge in [-0.05, 0) is 17.7 Å². The maximum Gasteiger partial charge on any atom is 0.224 e. The molecule has 0 aliphatic rings. The van der Waals surface area contributed by atoms with Crippen LogP contribution in [-0.2, 0) is 16.0 Å². The zero-order valence-corrected chi connectivity index (χ0v) is 11.5. The van der Waals surface area contributed by atoms with Crippen molar-refractivity contribution in [1.29, 1.82) is 0 Å². The zero-order valence-electron chi connectivity index (χ0n) is 9.95. The number of nitrogens with one attached hydrogen (secondary N) is 1. The highest BCUT2D eigenvalue weighted by molar-refractivity contribution is 6.36. The van der Waals surface area contributed by atoms with Crippen LogP contribution in [0.25, 0.3) is 0 Å². The van der Waals surface area contributed by atoms with E-state index in [2.05, 4.69) is 5.32 Å². The third-order valence-corrected chi connectivity index (χ3v) is 3.06. The van der Waals surface area contributed by atoms with Crippen LogP contribution in [0, 0.1) is 0 Å². The van der Waals surface area contributed by atoms with Gasteiger partial charge in [0.1, 0.15) is 0 Å². The number of halogens is 2. The first-order chi connectivity index (χ1) is 8.58. The second-order valence-electron chi connectivity index (χ2n) is 3.78. The number of carbonyl (C=O) groups is 1. The lowest BCUT2D eigenvalue weighted by Gasteiger charge is -2.15. The van der Waals surface area contributed by atoms with Gasteiger partial charge in [0.05, 0.1) is 25.7 Å². The number of ether oxygens (including phenoxy) is 1. The summed E-state index contributed by atoms with van der Waals surface area (Å²) in [6.07, 6.45) is 0.0682. The molecule has 0 fully saturated rings. The fraction of sp³-hybridized carbons (Fsp3) is 0.417. The van der Waals surface area contributed by atoms with Crippen LogP contribution in [0.15, 0.2) is 18.2 Å². The number of hydrogen-bond acceptors (Lipinski definition) is 3. The molecule has 0 spiro atoms. The van der Waals surface area contributed by atoms with Crippen molar-refractivity contribution >= 4 is 29.1 Å². The molecule has 0 radical (unpaired) electrons. The van der Waals surface area contributed by atoms with E-state index in [0.717, 1.165) is 0 Å². The monoisotopic (exact) mass is 291 g/mol. The number of carbonyl (C=O) groups excluding carboxylic acids is 1. The largest absolute Gasteiger partial charge is 0.394 e. The van der Waals surface area contributed by atoms with Gasteiger partial charge in [-0.2, -0.15) is 0 Å². The summed E-state index contributed by atoms with van der Waals surface area (Å²) >= 11 is 11.9. The molecular formula is C12H15Cl2NO3. The first-order valence-electron chi connectivity index (χ1n) is 5.40. The number of methoxy groups -OCH3 is 1. The van der Waals surface area contributed by atoms with Gasteiger partial charge < -0.3 is 15.2 Å². The molecule has 6 heteroatoms. The van der Waals surface area contributed by atoms with Crippen LogP contribution in [0.4, 0.5) is 0 Å². The van der Waals surface area contributed by atoms with Gasteiger partial charge in [0.2, 0.25) is 5.91 Å². The first kappa shape index (κ1) is 15.2. The Morgan fingerprint density at radius 1 is 1.44 bits per heavy atom. The van der Waals surface area contributed by atoms with Crippen molar-refractivity contribution in [3.05, 3.63) is 33.8 Å². The average Bonchev–Trinajstić information content (AvgIpc) is 2.33. The molecule has 1 aromatic rings. The molecule has 18 heavy (non-hydrogen) atoms. The fourth-order valence-electron chi connectivity index (χ4n) is 1.48.